The summed E-state index contributed by atoms with van der Waals surface area (Å²) in [6, 6.07) is 0. The van der Waals surface area contributed by atoms with Gasteiger partial charge in [-0.05, 0) is 32.1 Å². The summed E-state index contributed by atoms with van der Waals surface area (Å²) in [5.74, 6) is -2.80. The van der Waals surface area contributed by atoms with Crippen LogP contribution in [0.1, 0.15) is 84.7 Å². The Morgan fingerprint density at radius 1 is 1.27 bits per heavy atom. The number of aliphatic hydroxyl groups is 3. The van der Waals surface area contributed by atoms with Crippen molar-refractivity contribution in [3.05, 3.63) is 23.7 Å². The van der Waals surface area contributed by atoms with E-state index < -0.39 is 60.1 Å². The average Bonchev–Trinajstić information content (AvgIpc) is 3.24. The van der Waals surface area contributed by atoms with E-state index in [1.165, 1.54) is 6.26 Å². The molecule has 2 aliphatic heterocycles. The number of Topliss-reactive ketones (excluding diaryl/α,β-unsaturated/α-hetero) is 1. The number of aliphatic hydroxyl groups excluding tert-OH is 3. The first kappa shape index (κ1) is 29.4. The average molecular weight is 526 g/mol. The third-order valence-corrected chi connectivity index (χ3v) is 7.97. The molecule has 37 heavy (non-hydrogen) atoms. The molecular weight excluding hydrogens is 485 g/mol. The molecule has 0 amide bonds. The van der Waals surface area contributed by atoms with Gasteiger partial charge in [-0.3, -0.25) is 9.59 Å². The number of ether oxygens (including phenoxy) is 2. The van der Waals surface area contributed by atoms with Crippen LogP contribution in [0, 0.1) is 17.3 Å². The lowest BCUT2D eigenvalue weighted by Crippen LogP contribution is -2.46. The van der Waals surface area contributed by atoms with Crippen LogP contribution in [0.5, 0.6) is 0 Å². The molecule has 2 aliphatic rings. The van der Waals surface area contributed by atoms with Gasteiger partial charge in [-0.1, -0.05) is 34.1 Å². The van der Waals surface area contributed by atoms with Crippen molar-refractivity contribution in [2.24, 2.45) is 17.3 Å². The number of epoxide rings is 1. The molecule has 0 radical (unpaired) electrons. The van der Waals surface area contributed by atoms with E-state index in [1.54, 1.807) is 13.8 Å². The number of carbonyl (C=O) groups is 2. The molecule has 3 heterocycles. The van der Waals surface area contributed by atoms with Gasteiger partial charge in [0.15, 0.2) is 6.10 Å². The number of oxazole rings is 1. The minimum absolute atomic E-state index is 0.0203. The van der Waals surface area contributed by atoms with E-state index in [1.807, 2.05) is 20.8 Å². The number of fused-ring (bicyclic) bond motifs is 1. The van der Waals surface area contributed by atoms with Crippen LogP contribution in [0.4, 0.5) is 4.39 Å². The standard InChI is InChI=1S/C27H40FNO8/c1-6-17-24(33)15(2)8-7-9-27(5)21(37-27)11-19(18(28)10-16-14-35-22(13-30)29-16)36-23(32)12-20(31)26(3,4)25(17)34/h10,14-15,17,19-21,24,30-31,33H,6-9,11-13H2,1-5H3/b18-10+/t15-,17+,19-,20-,21-,24-,27-/m0/s1. The molecule has 0 bridgehead atoms. The van der Waals surface area contributed by atoms with Crippen LogP contribution in [0.25, 0.3) is 6.08 Å². The van der Waals surface area contributed by atoms with Gasteiger partial charge in [0.05, 0.1) is 35.7 Å². The topological polar surface area (TPSA) is 143 Å². The summed E-state index contributed by atoms with van der Waals surface area (Å²) in [5.41, 5.74) is -1.73. The third-order valence-electron chi connectivity index (χ3n) is 7.97. The van der Waals surface area contributed by atoms with E-state index in [0.717, 1.165) is 12.5 Å². The molecule has 1 aromatic heterocycles. The van der Waals surface area contributed by atoms with E-state index in [4.69, 9.17) is 19.0 Å². The predicted molar refractivity (Wildman–Crippen MR) is 132 cm³/mol. The van der Waals surface area contributed by atoms with Crippen LogP contribution in [0.3, 0.4) is 0 Å². The number of rotatable bonds is 4. The number of carbonyl (C=O) groups excluding carboxylic acids is 2. The minimum atomic E-state index is -1.39. The molecule has 0 saturated carbocycles. The lowest BCUT2D eigenvalue weighted by molar-refractivity contribution is -0.155. The van der Waals surface area contributed by atoms with E-state index in [9.17, 15) is 19.8 Å². The molecule has 208 valence electrons. The molecule has 10 heteroatoms. The van der Waals surface area contributed by atoms with Gasteiger partial charge in [0.25, 0.3) is 0 Å². The summed E-state index contributed by atoms with van der Waals surface area (Å²) < 4.78 is 31.7. The largest absolute Gasteiger partial charge is 0.455 e. The third kappa shape index (κ3) is 6.85. The monoisotopic (exact) mass is 525 g/mol. The molecule has 0 aliphatic carbocycles. The van der Waals surface area contributed by atoms with Gasteiger partial charge in [0, 0.05) is 18.4 Å². The Hall–Kier alpha value is -2.14. The van der Waals surface area contributed by atoms with Gasteiger partial charge in [0.1, 0.15) is 30.2 Å². The summed E-state index contributed by atoms with van der Waals surface area (Å²) >= 11 is 0. The van der Waals surface area contributed by atoms with Gasteiger partial charge in [0.2, 0.25) is 5.89 Å². The summed E-state index contributed by atoms with van der Waals surface area (Å²) in [7, 11) is 0. The Morgan fingerprint density at radius 3 is 2.59 bits per heavy atom. The highest BCUT2D eigenvalue weighted by Crippen LogP contribution is 2.45. The second-order valence-corrected chi connectivity index (χ2v) is 11.2. The number of hydrogen-bond acceptors (Lipinski definition) is 9. The number of ketones is 1. The second-order valence-electron chi connectivity index (χ2n) is 11.2. The van der Waals surface area contributed by atoms with Gasteiger partial charge in [-0.25, -0.2) is 9.37 Å². The summed E-state index contributed by atoms with van der Waals surface area (Å²) in [6.45, 7) is 8.28. The summed E-state index contributed by atoms with van der Waals surface area (Å²) in [4.78, 5) is 30.1. The molecule has 0 spiro atoms. The zero-order chi connectivity index (χ0) is 27.5. The van der Waals surface area contributed by atoms with Crippen molar-refractivity contribution in [2.75, 3.05) is 0 Å². The van der Waals surface area contributed by atoms with Crippen molar-refractivity contribution >= 4 is 17.8 Å². The molecule has 0 unspecified atom stereocenters. The molecule has 9 nitrogen and oxygen atoms in total. The number of halogens is 1. The first-order valence-electron chi connectivity index (χ1n) is 13.0. The fourth-order valence-electron chi connectivity index (χ4n) is 5.10. The SMILES string of the molecule is CC[C@H]1C(=O)C(C)(C)[C@@H](O)CC(=O)O[C@H](/C(F)=C\c2coc(CO)n2)C[C@@H]2O[C@@]2(C)CCC[C@H](C)[C@@H]1O. The van der Waals surface area contributed by atoms with Crippen LogP contribution in [-0.2, 0) is 25.7 Å². The Balaban J connectivity index is 1.87. The second kappa shape index (κ2) is 11.7. The van der Waals surface area contributed by atoms with Crippen molar-refractivity contribution in [3.8, 4) is 0 Å². The fraction of sp³-hybridized carbons (Fsp3) is 0.741. The van der Waals surface area contributed by atoms with E-state index >= 15 is 4.39 Å². The highest BCUT2D eigenvalue weighted by molar-refractivity contribution is 5.88. The lowest BCUT2D eigenvalue weighted by atomic mass is 9.71. The highest BCUT2D eigenvalue weighted by Gasteiger charge is 2.53. The highest BCUT2D eigenvalue weighted by atomic mass is 19.1. The van der Waals surface area contributed by atoms with Crippen molar-refractivity contribution in [1.29, 1.82) is 0 Å². The van der Waals surface area contributed by atoms with Crippen molar-refractivity contribution in [3.63, 3.8) is 0 Å². The molecule has 7 atom stereocenters. The lowest BCUT2D eigenvalue weighted by Gasteiger charge is -2.35. The van der Waals surface area contributed by atoms with E-state index in [2.05, 4.69) is 4.98 Å². The maximum atomic E-state index is 15.3. The first-order valence-corrected chi connectivity index (χ1v) is 13.0. The Morgan fingerprint density at radius 2 is 1.97 bits per heavy atom. The summed E-state index contributed by atoms with van der Waals surface area (Å²) in [6.07, 6.45) is 0.328. The maximum Gasteiger partial charge on any atom is 0.309 e. The fourth-order valence-corrected chi connectivity index (χ4v) is 5.10. The molecule has 2 saturated heterocycles. The molecule has 0 aromatic carbocycles. The van der Waals surface area contributed by atoms with Crippen molar-refractivity contribution in [2.45, 2.75) is 110 Å². The van der Waals surface area contributed by atoms with Crippen LogP contribution < -0.4 is 0 Å². The van der Waals surface area contributed by atoms with Gasteiger partial charge in [-0.15, -0.1) is 0 Å². The molecule has 3 rings (SSSR count). The van der Waals surface area contributed by atoms with E-state index in [0.29, 0.717) is 19.3 Å². The molecule has 2 fully saturated rings. The molecular formula is C27H40FNO8. The Kier molecular flexibility index (Phi) is 9.32. The Labute approximate surface area is 217 Å². The zero-order valence-corrected chi connectivity index (χ0v) is 22.3. The van der Waals surface area contributed by atoms with Crippen LogP contribution in [0.15, 0.2) is 16.5 Å². The molecule has 3 N–H and O–H groups in total. The van der Waals surface area contributed by atoms with E-state index in [-0.39, 0.29) is 35.8 Å². The van der Waals surface area contributed by atoms with Gasteiger partial charge in [-0.2, -0.15) is 0 Å². The quantitative estimate of drug-likeness (QED) is 0.398. The van der Waals surface area contributed by atoms with Crippen molar-refractivity contribution < 1.29 is 43.2 Å². The number of esters is 1. The molecule has 1 aromatic rings. The predicted octanol–water partition coefficient (Wildman–Crippen LogP) is 3.49. The van der Waals surface area contributed by atoms with Gasteiger partial charge < -0.3 is 29.2 Å². The number of cyclic esters (lactones) is 1. The summed E-state index contributed by atoms with van der Waals surface area (Å²) in [5, 5.41) is 31.0. The normalized spacial score (nSPS) is 36.1. The smallest absolute Gasteiger partial charge is 0.309 e. The van der Waals surface area contributed by atoms with Crippen LogP contribution >= 0.6 is 0 Å². The number of aromatic nitrogens is 1. The first-order chi connectivity index (χ1) is 17.3. The van der Waals surface area contributed by atoms with Gasteiger partial charge >= 0.3 is 5.97 Å². The minimum Gasteiger partial charge on any atom is -0.455 e. The maximum absolute atomic E-state index is 15.3. The Bertz CT molecular complexity index is 991. The number of hydrogen-bond donors (Lipinski definition) is 3. The zero-order valence-electron chi connectivity index (χ0n) is 22.3. The van der Waals surface area contributed by atoms with Crippen molar-refractivity contribution in [1.82, 2.24) is 4.98 Å². The number of nitrogens with zero attached hydrogens (tertiary/aromatic N) is 1. The van der Waals surface area contributed by atoms with Crippen LogP contribution in [-0.4, -0.2) is 62.1 Å². The van der Waals surface area contributed by atoms with Crippen LogP contribution in [0.2, 0.25) is 0 Å².